The molecule has 0 amide bonds. The van der Waals surface area contributed by atoms with Crippen LogP contribution in [0.25, 0.3) is 0 Å². The molecule has 2 N–H and O–H groups in total. The van der Waals surface area contributed by atoms with Crippen molar-refractivity contribution in [2.24, 2.45) is 0 Å². The zero-order valence-electron chi connectivity index (χ0n) is 13.8. The molecular weight excluding hydrogens is 341 g/mol. The Labute approximate surface area is 149 Å². The number of halogens is 3. The number of nitrogens with one attached hydrogen (secondary N) is 2. The normalized spacial score (nSPS) is 11.2. The van der Waals surface area contributed by atoms with Crippen molar-refractivity contribution in [3.8, 4) is 0 Å². The van der Waals surface area contributed by atoms with Gasteiger partial charge in [0.2, 0.25) is 5.95 Å². The lowest BCUT2D eigenvalue weighted by Gasteiger charge is -2.10. The minimum absolute atomic E-state index is 0.314. The van der Waals surface area contributed by atoms with Crippen molar-refractivity contribution in [1.82, 2.24) is 9.97 Å². The van der Waals surface area contributed by atoms with Crippen LogP contribution < -0.4 is 10.6 Å². The third-order valence-corrected chi connectivity index (χ3v) is 3.69. The van der Waals surface area contributed by atoms with Gasteiger partial charge >= 0.3 is 6.18 Å². The first-order valence-electron chi connectivity index (χ1n) is 8.06. The lowest BCUT2D eigenvalue weighted by Crippen LogP contribution is -2.08. The highest BCUT2D eigenvalue weighted by Crippen LogP contribution is 2.30. The SMILES string of the molecule is FC(F)(F)c1ccc(Nc2nccc(NCCc3ccccc3)n2)cc1. The smallest absolute Gasteiger partial charge is 0.370 e. The molecule has 3 aromatic rings. The lowest BCUT2D eigenvalue weighted by molar-refractivity contribution is -0.137. The van der Waals surface area contributed by atoms with Gasteiger partial charge in [-0.1, -0.05) is 30.3 Å². The van der Waals surface area contributed by atoms with Crippen molar-refractivity contribution in [1.29, 1.82) is 0 Å². The van der Waals surface area contributed by atoms with Gasteiger partial charge in [0.25, 0.3) is 0 Å². The summed E-state index contributed by atoms with van der Waals surface area (Å²) in [6, 6.07) is 16.5. The monoisotopic (exact) mass is 358 g/mol. The summed E-state index contributed by atoms with van der Waals surface area (Å²) in [5, 5.41) is 6.11. The Morgan fingerprint density at radius 3 is 2.31 bits per heavy atom. The van der Waals surface area contributed by atoms with Crippen molar-refractivity contribution < 1.29 is 13.2 Å². The highest BCUT2D eigenvalue weighted by molar-refractivity contribution is 5.55. The second kappa shape index (κ2) is 7.86. The maximum Gasteiger partial charge on any atom is 0.416 e. The van der Waals surface area contributed by atoms with Gasteiger partial charge in [-0.25, -0.2) is 4.98 Å². The van der Waals surface area contributed by atoms with E-state index in [1.165, 1.54) is 17.7 Å². The van der Waals surface area contributed by atoms with Gasteiger partial charge in [-0.3, -0.25) is 0 Å². The Morgan fingerprint density at radius 2 is 1.62 bits per heavy atom. The van der Waals surface area contributed by atoms with Crippen molar-refractivity contribution in [2.45, 2.75) is 12.6 Å². The summed E-state index contributed by atoms with van der Waals surface area (Å²) in [5.41, 5.74) is 1.01. The largest absolute Gasteiger partial charge is 0.416 e. The zero-order valence-corrected chi connectivity index (χ0v) is 13.8. The Bertz CT molecular complexity index is 833. The van der Waals surface area contributed by atoms with E-state index in [-0.39, 0.29) is 0 Å². The molecule has 2 aromatic carbocycles. The summed E-state index contributed by atoms with van der Waals surface area (Å²) in [4.78, 5) is 8.40. The molecule has 134 valence electrons. The van der Waals surface area contributed by atoms with Crippen LogP contribution in [0.4, 0.5) is 30.6 Å². The van der Waals surface area contributed by atoms with Crippen LogP contribution in [-0.4, -0.2) is 16.5 Å². The standard InChI is InChI=1S/C19H17F3N4/c20-19(21,22)15-6-8-16(9-7-15)25-18-24-13-11-17(26-18)23-12-10-14-4-2-1-3-5-14/h1-9,11,13H,10,12H2,(H2,23,24,25,26). The van der Waals surface area contributed by atoms with Gasteiger partial charge in [0, 0.05) is 18.4 Å². The molecule has 1 heterocycles. The first-order chi connectivity index (χ1) is 12.5. The summed E-state index contributed by atoms with van der Waals surface area (Å²) >= 11 is 0. The first-order valence-corrected chi connectivity index (χ1v) is 8.06. The molecule has 3 rings (SSSR count). The maximum atomic E-state index is 12.6. The van der Waals surface area contributed by atoms with Gasteiger partial charge in [0.1, 0.15) is 5.82 Å². The fourth-order valence-electron chi connectivity index (χ4n) is 2.37. The van der Waals surface area contributed by atoms with E-state index in [1.54, 1.807) is 12.3 Å². The van der Waals surface area contributed by atoms with Crippen molar-refractivity contribution in [3.63, 3.8) is 0 Å². The minimum Gasteiger partial charge on any atom is -0.370 e. The van der Waals surface area contributed by atoms with E-state index in [1.807, 2.05) is 18.2 Å². The first kappa shape index (κ1) is 17.7. The molecule has 7 heteroatoms. The van der Waals surface area contributed by atoms with E-state index in [2.05, 4.69) is 32.7 Å². The average Bonchev–Trinajstić information content (AvgIpc) is 2.63. The quantitative estimate of drug-likeness (QED) is 0.658. The summed E-state index contributed by atoms with van der Waals surface area (Å²) in [7, 11) is 0. The molecule has 0 atom stereocenters. The molecule has 0 aliphatic heterocycles. The third kappa shape index (κ3) is 4.95. The van der Waals surface area contributed by atoms with Crippen LogP contribution in [0.5, 0.6) is 0 Å². The minimum atomic E-state index is -4.35. The maximum absolute atomic E-state index is 12.6. The molecule has 0 radical (unpaired) electrons. The van der Waals surface area contributed by atoms with Crippen LogP contribution >= 0.6 is 0 Å². The van der Waals surface area contributed by atoms with E-state index < -0.39 is 11.7 Å². The predicted octanol–water partition coefficient (Wildman–Crippen LogP) is 4.89. The third-order valence-electron chi connectivity index (χ3n) is 3.69. The van der Waals surface area contributed by atoms with E-state index in [4.69, 9.17) is 0 Å². The number of hydrogen-bond acceptors (Lipinski definition) is 4. The highest BCUT2D eigenvalue weighted by Gasteiger charge is 2.29. The lowest BCUT2D eigenvalue weighted by atomic mass is 10.1. The molecule has 0 fully saturated rings. The molecule has 1 aromatic heterocycles. The van der Waals surface area contributed by atoms with Crippen LogP contribution in [0.2, 0.25) is 0 Å². The van der Waals surface area contributed by atoms with E-state index in [9.17, 15) is 13.2 Å². The van der Waals surface area contributed by atoms with E-state index >= 15 is 0 Å². The molecule has 0 aliphatic carbocycles. The number of benzene rings is 2. The summed E-state index contributed by atoms with van der Waals surface area (Å²) in [5.74, 6) is 0.958. The molecule has 26 heavy (non-hydrogen) atoms. The fraction of sp³-hybridized carbons (Fsp3) is 0.158. The van der Waals surface area contributed by atoms with Gasteiger partial charge in [-0.15, -0.1) is 0 Å². The predicted molar refractivity (Wildman–Crippen MR) is 95.4 cm³/mol. The van der Waals surface area contributed by atoms with Crippen molar-refractivity contribution >= 4 is 17.5 Å². The molecule has 4 nitrogen and oxygen atoms in total. The molecule has 0 saturated carbocycles. The summed E-state index contributed by atoms with van der Waals surface area (Å²) in [6.07, 6.45) is -1.91. The van der Waals surface area contributed by atoms with E-state index in [0.717, 1.165) is 18.6 Å². The topological polar surface area (TPSA) is 49.8 Å². The average molecular weight is 358 g/mol. The zero-order chi connectivity index (χ0) is 18.4. The second-order valence-electron chi connectivity index (χ2n) is 5.63. The second-order valence-corrected chi connectivity index (χ2v) is 5.63. The van der Waals surface area contributed by atoms with E-state index in [0.29, 0.717) is 24.0 Å². The fourth-order valence-corrected chi connectivity index (χ4v) is 2.37. The highest BCUT2D eigenvalue weighted by atomic mass is 19.4. The molecule has 0 saturated heterocycles. The summed E-state index contributed by atoms with van der Waals surface area (Å²) < 4.78 is 37.8. The van der Waals surface area contributed by atoms with Crippen molar-refractivity contribution in [3.05, 3.63) is 78.0 Å². The number of aromatic nitrogens is 2. The van der Waals surface area contributed by atoms with Gasteiger partial charge in [-0.2, -0.15) is 18.2 Å². The van der Waals surface area contributed by atoms with Crippen LogP contribution in [0.3, 0.4) is 0 Å². The van der Waals surface area contributed by atoms with Gasteiger partial charge < -0.3 is 10.6 Å². The molecule has 0 aliphatic rings. The number of alkyl halides is 3. The Kier molecular flexibility index (Phi) is 5.36. The Balaban J connectivity index is 1.58. The van der Waals surface area contributed by atoms with Gasteiger partial charge in [0.05, 0.1) is 5.56 Å². The number of rotatable bonds is 6. The Hall–Kier alpha value is -3.09. The van der Waals surface area contributed by atoms with Gasteiger partial charge in [-0.05, 0) is 42.3 Å². The Morgan fingerprint density at radius 1 is 0.885 bits per heavy atom. The molecular formula is C19H17F3N4. The van der Waals surface area contributed by atoms with Crippen molar-refractivity contribution in [2.75, 3.05) is 17.2 Å². The number of hydrogen-bond donors (Lipinski definition) is 2. The van der Waals surface area contributed by atoms with Gasteiger partial charge in [0.15, 0.2) is 0 Å². The van der Waals surface area contributed by atoms with Crippen LogP contribution in [0.1, 0.15) is 11.1 Å². The van der Waals surface area contributed by atoms with Crippen LogP contribution in [0, 0.1) is 0 Å². The molecule has 0 spiro atoms. The molecule has 0 bridgehead atoms. The summed E-state index contributed by atoms with van der Waals surface area (Å²) in [6.45, 7) is 0.709. The number of anilines is 3. The van der Waals surface area contributed by atoms with Crippen LogP contribution in [-0.2, 0) is 12.6 Å². The molecule has 0 unspecified atom stereocenters. The van der Waals surface area contributed by atoms with Crippen LogP contribution in [0.15, 0.2) is 66.9 Å². The number of nitrogens with zero attached hydrogens (tertiary/aromatic N) is 2.